The van der Waals surface area contributed by atoms with Gasteiger partial charge in [0.1, 0.15) is 0 Å². The van der Waals surface area contributed by atoms with E-state index in [9.17, 15) is 5.11 Å². The number of hydrogen-bond acceptors (Lipinski definition) is 8. The van der Waals surface area contributed by atoms with Crippen molar-refractivity contribution < 1.29 is 9.84 Å². The topological polar surface area (TPSA) is 95.4 Å². The number of nitrogens with one attached hydrogen (secondary N) is 2. The van der Waals surface area contributed by atoms with Crippen molar-refractivity contribution in [2.45, 2.75) is 19.3 Å². The van der Waals surface area contributed by atoms with E-state index in [1.807, 2.05) is 30.7 Å². The highest BCUT2D eigenvalue weighted by Gasteiger charge is 2.24. The molecule has 37 heavy (non-hydrogen) atoms. The Balaban J connectivity index is 1.39. The Kier molecular flexibility index (Phi) is 6.44. The average Bonchev–Trinajstić information content (AvgIpc) is 3.76. The minimum Gasteiger partial charge on any atom is -0.503 e. The standard InChI is InChI=1S/C28H29ClN6O2/c1-37-25-13-19(12-23(29)27(25)36)18-4-5-24-22(11-18)26(20(14-31-24)10-17-2-3-17)34-21-15-32-28(33-16-21)35-8-6-30-7-9-35/h4-5,11-17,30,36H,2-3,6-10H2,1H3,(H,31,34). The van der Waals surface area contributed by atoms with Crippen LogP contribution in [0.1, 0.15) is 18.4 Å². The van der Waals surface area contributed by atoms with Crippen molar-refractivity contribution in [3.8, 4) is 22.6 Å². The van der Waals surface area contributed by atoms with Gasteiger partial charge >= 0.3 is 0 Å². The molecule has 0 atom stereocenters. The van der Waals surface area contributed by atoms with Crippen LogP contribution in [0.3, 0.4) is 0 Å². The second kappa shape index (κ2) is 10.0. The number of fused-ring (bicyclic) bond motifs is 1. The lowest BCUT2D eigenvalue weighted by Gasteiger charge is -2.27. The second-order valence-corrected chi connectivity index (χ2v) is 10.1. The van der Waals surface area contributed by atoms with Gasteiger partial charge in [-0.05, 0) is 66.1 Å². The number of aromatic nitrogens is 3. The highest BCUT2D eigenvalue weighted by Crippen LogP contribution is 2.41. The molecule has 2 aliphatic rings. The first-order chi connectivity index (χ1) is 18.1. The number of nitrogens with zero attached hydrogens (tertiary/aromatic N) is 4. The van der Waals surface area contributed by atoms with Crippen LogP contribution in [0.4, 0.5) is 17.3 Å². The maximum absolute atomic E-state index is 10.2. The summed E-state index contributed by atoms with van der Waals surface area (Å²) in [6.07, 6.45) is 9.18. The summed E-state index contributed by atoms with van der Waals surface area (Å²) in [5.74, 6) is 1.73. The molecule has 8 nitrogen and oxygen atoms in total. The van der Waals surface area contributed by atoms with E-state index in [4.69, 9.17) is 21.3 Å². The number of pyridine rings is 1. The van der Waals surface area contributed by atoms with Gasteiger partial charge in [-0.1, -0.05) is 17.7 Å². The van der Waals surface area contributed by atoms with Crippen molar-refractivity contribution in [2.75, 3.05) is 43.5 Å². The zero-order valence-corrected chi connectivity index (χ0v) is 21.4. The Bertz CT molecular complexity index is 1440. The van der Waals surface area contributed by atoms with Crippen molar-refractivity contribution in [1.82, 2.24) is 20.3 Å². The SMILES string of the molecule is COc1cc(-c2ccc3ncc(CC4CC4)c(Nc4cnc(N5CCNCC5)nc4)c3c2)cc(Cl)c1O. The van der Waals surface area contributed by atoms with E-state index < -0.39 is 0 Å². The van der Waals surface area contributed by atoms with Crippen molar-refractivity contribution in [3.63, 3.8) is 0 Å². The molecule has 0 unspecified atom stereocenters. The van der Waals surface area contributed by atoms with Crippen LogP contribution in [0.25, 0.3) is 22.0 Å². The van der Waals surface area contributed by atoms with Gasteiger partial charge in [0, 0.05) is 37.8 Å². The van der Waals surface area contributed by atoms with Crippen molar-refractivity contribution >= 4 is 39.8 Å². The van der Waals surface area contributed by atoms with E-state index in [2.05, 4.69) is 31.6 Å². The largest absolute Gasteiger partial charge is 0.503 e. The lowest BCUT2D eigenvalue weighted by molar-refractivity contribution is 0.374. The van der Waals surface area contributed by atoms with E-state index >= 15 is 0 Å². The number of hydrogen-bond donors (Lipinski definition) is 3. The zero-order chi connectivity index (χ0) is 25.4. The molecule has 3 heterocycles. The predicted octanol–water partition coefficient (Wildman–Crippen LogP) is 5.17. The van der Waals surface area contributed by atoms with Crippen LogP contribution in [-0.2, 0) is 6.42 Å². The highest BCUT2D eigenvalue weighted by molar-refractivity contribution is 6.32. The normalized spacial score (nSPS) is 15.7. The number of phenols is 1. The van der Waals surface area contributed by atoms with Gasteiger partial charge in [-0.3, -0.25) is 4.98 Å². The van der Waals surface area contributed by atoms with Crippen LogP contribution >= 0.6 is 11.6 Å². The molecule has 4 aromatic rings. The van der Waals surface area contributed by atoms with Gasteiger partial charge in [0.05, 0.1) is 41.4 Å². The lowest BCUT2D eigenvalue weighted by Crippen LogP contribution is -2.44. The van der Waals surface area contributed by atoms with Crippen LogP contribution < -0.4 is 20.3 Å². The molecule has 0 spiro atoms. The van der Waals surface area contributed by atoms with Crippen molar-refractivity contribution in [1.29, 1.82) is 0 Å². The molecule has 1 aliphatic heterocycles. The number of halogens is 1. The van der Waals surface area contributed by atoms with E-state index in [1.165, 1.54) is 25.5 Å². The maximum Gasteiger partial charge on any atom is 0.225 e. The van der Waals surface area contributed by atoms with Crippen LogP contribution in [-0.4, -0.2) is 53.3 Å². The Labute approximate surface area is 220 Å². The summed E-state index contributed by atoms with van der Waals surface area (Å²) in [7, 11) is 1.52. The molecule has 0 radical (unpaired) electrons. The quantitative estimate of drug-likeness (QED) is 0.310. The molecule has 1 saturated carbocycles. The molecule has 6 rings (SSSR count). The molecular weight excluding hydrogens is 488 g/mol. The summed E-state index contributed by atoms with van der Waals surface area (Å²) in [5.41, 5.74) is 5.73. The first-order valence-corrected chi connectivity index (χ1v) is 13.0. The number of benzene rings is 2. The summed E-state index contributed by atoms with van der Waals surface area (Å²) >= 11 is 6.29. The Morgan fingerprint density at radius 3 is 2.57 bits per heavy atom. The molecule has 2 aromatic carbocycles. The third kappa shape index (κ3) is 4.99. The first kappa shape index (κ1) is 23.8. The summed E-state index contributed by atoms with van der Waals surface area (Å²) < 4.78 is 5.32. The van der Waals surface area contributed by atoms with Gasteiger partial charge in [0.15, 0.2) is 11.5 Å². The lowest BCUT2D eigenvalue weighted by atomic mass is 9.99. The van der Waals surface area contributed by atoms with Crippen LogP contribution in [0.2, 0.25) is 5.02 Å². The fourth-order valence-electron chi connectivity index (χ4n) is 4.80. The van der Waals surface area contributed by atoms with Gasteiger partial charge in [-0.2, -0.15) is 0 Å². The molecular formula is C28H29ClN6O2. The molecule has 2 fully saturated rings. The van der Waals surface area contributed by atoms with Crippen molar-refractivity contribution in [3.05, 3.63) is 59.5 Å². The van der Waals surface area contributed by atoms with Crippen LogP contribution in [0.15, 0.2) is 48.9 Å². The second-order valence-electron chi connectivity index (χ2n) is 9.68. The summed E-state index contributed by atoms with van der Waals surface area (Å²) in [4.78, 5) is 16.2. The number of rotatable bonds is 7. The van der Waals surface area contributed by atoms with Gasteiger partial charge in [0.2, 0.25) is 5.95 Å². The third-order valence-electron chi connectivity index (χ3n) is 7.04. The molecule has 1 aliphatic carbocycles. The van der Waals surface area contributed by atoms with Gasteiger partial charge in [0.25, 0.3) is 0 Å². The van der Waals surface area contributed by atoms with E-state index in [0.29, 0.717) is 11.7 Å². The molecule has 9 heteroatoms. The van der Waals surface area contributed by atoms with E-state index in [-0.39, 0.29) is 10.8 Å². The fraction of sp³-hybridized carbons (Fsp3) is 0.321. The average molecular weight is 517 g/mol. The van der Waals surface area contributed by atoms with E-state index in [1.54, 1.807) is 12.1 Å². The predicted molar refractivity (Wildman–Crippen MR) is 147 cm³/mol. The Morgan fingerprint density at radius 2 is 1.84 bits per heavy atom. The van der Waals surface area contributed by atoms with Crippen LogP contribution in [0, 0.1) is 5.92 Å². The molecule has 190 valence electrons. The number of methoxy groups -OCH3 is 1. The smallest absolute Gasteiger partial charge is 0.225 e. The molecule has 2 aromatic heterocycles. The number of anilines is 3. The van der Waals surface area contributed by atoms with E-state index in [0.717, 1.165) is 72.0 Å². The minimum absolute atomic E-state index is 0.0614. The fourth-order valence-corrected chi connectivity index (χ4v) is 5.01. The Hall–Kier alpha value is -3.62. The zero-order valence-electron chi connectivity index (χ0n) is 20.7. The van der Waals surface area contributed by atoms with Crippen molar-refractivity contribution in [2.24, 2.45) is 5.92 Å². The highest BCUT2D eigenvalue weighted by atomic mass is 35.5. The van der Waals surface area contributed by atoms with Gasteiger partial charge < -0.3 is 25.4 Å². The number of piperazine rings is 1. The summed E-state index contributed by atoms with van der Waals surface area (Å²) in [6.45, 7) is 3.69. The maximum atomic E-state index is 10.2. The van der Waals surface area contributed by atoms with Crippen LogP contribution in [0.5, 0.6) is 11.5 Å². The summed E-state index contributed by atoms with van der Waals surface area (Å²) in [6, 6.07) is 9.66. The third-order valence-corrected chi connectivity index (χ3v) is 7.33. The number of phenolic OH excluding ortho intramolecular Hbond substituents is 1. The first-order valence-electron chi connectivity index (χ1n) is 12.6. The molecule has 0 amide bonds. The van der Waals surface area contributed by atoms with Gasteiger partial charge in [-0.25, -0.2) is 9.97 Å². The Morgan fingerprint density at radius 1 is 1.05 bits per heavy atom. The molecule has 1 saturated heterocycles. The minimum atomic E-state index is -0.0614. The molecule has 3 N–H and O–H groups in total. The monoisotopic (exact) mass is 516 g/mol. The summed E-state index contributed by atoms with van der Waals surface area (Å²) in [5, 5.41) is 18.4. The van der Waals surface area contributed by atoms with Gasteiger partial charge in [-0.15, -0.1) is 0 Å². The molecule has 0 bridgehead atoms. The number of aromatic hydroxyl groups is 1. The number of ether oxygens (including phenoxy) is 1.